The van der Waals surface area contributed by atoms with Crippen LogP contribution >= 0.6 is 0 Å². The zero-order valence-corrected chi connectivity index (χ0v) is 12.0. The fourth-order valence-electron chi connectivity index (χ4n) is 2.42. The summed E-state index contributed by atoms with van der Waals surface area (Å²) in [4.78, 5) is 12.6. The molecule has 0 aliphatic carbocycles. The van der Waals surface area contributed by atoms with Crippen LogP contribution in [0.4, 0.5) is 0 Å². The molecule has 0 spiro atoms. The first-order chi connectivity index (χ1) is 8.78. The monoisotopic (exact) mass is 264 g/mol. The average molecular weight is 264 g/mol. The van der Waals surface area contributed by atoms with Gasteiger partial charge in [-0.1, -0.05) is 0 Å². The van der Waals surface area contributed by atoms with E-state index in [1.165, 1.54) is 0 Å². The van der Waals surface area contributed by atoms with E-state index in [1.807, 2.05) is 20.8 Å². The summed E-state index contributed by atoms with van der Waals surface area (Å²) in [5, 5.41) is 0. The first-order valence-corrected chi connectivity index (χ1v) is 6.35. The molecule has 0 bridgehead atoms. The minimum absolute atomic E-state index is 0.0757. The Labute approximate surface area is 113 Å². The van der Waals surface area contributed by atoms with Gasteiger partial charge in [-0.25, -0.2) is 0 Å². The minimum Gasteiger partial charge on any atom is -0.497 e. The lowest BCUT2D eigenvalue weighted by atomic mass is 9.90. The van der Waals surface area contributed by atoms with Gasteiger partial charge >= 0.3 is 0 Å². The number of carbonyl (C=O) groups is 1. The molecule has 1 aromatic carbocycles. The Morgan fingerprint density at radius 2 is 1.79 bits per heavy atom. The highest BCUT2D eigenvalue weighted by atomic mass is 16.8. The van der Waals surface area contributed by atoms with E-state index < -0.39 is 11.4 Å². The molecule has 0 saturated carbocycles. The van der Waals surface area contributed by atoms with Crippen molar-refractivity contribution in [3.8, 4) is 5.75 Å². The molecule has 1 aliphatic heterocycles. The van der Waals surface area contributed by atoms with Crippen LogP contribution in [-0.4, -0.2) is 30.4 Å². The third-order valence-corrected chi connectivity index (χ3v) is 3.50. The van der Waals surface area contributed by atoms with Crippen molar-refractivity contribution in [3.05, 3.63) is 29.8 Å². The van der Waals surface area contributed by atoms with Gasteiger partial charge in [-0.05, 0) is 52.0 Å². The Morgan fingerprint density at radius 3 is 2.21 bits per heavy atom. The van der Waals surface area contributed by atoms with Crippen LogP contribution in [0.15, 0.2) is 24.3 Å². The summed E-state index contributed by atoms with van der Waals surface area (Å²) in [5.41, 5.74) is -0.366. The molecule has 1 fully saturated rings. The first-order valence-electron chi connectivity index (χ1n) is 6.35. The van der Waals surface area contributed by atoms with Crippen LogP contribution in [0.2, 0.25) is 0 Å². The molecule has 4 nitrogen and oxygen atoms in total. The molecule has 0 unspecified atom stereocenters. The molecule has 2 atom stereocenters. The van der Waals surface area contributed by atoms with Crippen LogP contribution in [0.5, 0.6) is 5.75 Å². The predicted octanol–water partition coefficient (Wildman–Crippen LogP) is 2.81. The van der Waals surface area contributed by atoms with Crippen molar-refractivity contribution in [2.24, 2.45) is 0 Å². The Balaban J connectivity index is 2.28. The molecule has 0 aromatic heterocycles. The molecule has 0 amide bonds. The van der Waals surface area contributed by atoms with Crippen molar-refractivity contribution in [2.45, 2.75) is 45.2 Å². The molecule has 1 aromatic rings. The van der Waals surface area contributed by atoms with Crippen LogP contribution in [0, 0.1) is 0 Å². The molecule has 1 aliphatic rings. The van der Waals surface area contributed by atoms with E-state index in [0.29, 0.717) is 5.56 Å². The fourth-order valence-corrected chi connectivity index (χ4v) is 2.42. The first kappa shape index (κ1) is 14.0. The molecule has 4 heteroatoms. The Hall–Kier alpha value is -1.39. The van der Waals surface area contributed by atoms with Gasteiger partial charge in [0.05, 0.1) is 13.2 Å². The third kappa shape index (κ3) is 2.51. The molecule has 1 heterocycles. The van der Waals surface area contributed by atoms with E-state index in [9.17, 15) is 4.79 Å². The highest BCUT2D eigenvalue weighted by Crippen LogP contribution is 2.38. The van der Waals surface area contributed by atoms with Gasteiger partial charge in [-0.2, -0.15) is 0 Å². The van der Waals surface area contributed by atoms with Gasteiger partial charge in [0.2, 0.25) is 0 Å². The minimum atomic E-state index is -0.960. The zero-order valence-electron chi connectivity index (χ0n) is 12.0. The van der Waals surface area contributed by atoms with Gasteiger partial charge in [0.25, 0.3) is 0 Å². The number of ketones is 1. The third-order valence-electron chi connectivity index (χ3n) is 3.50. The number of Topliss-reactive ketones (excluding diaryl/α,β-unsaturated/α-hetero) is 1. The lowest BCUT2D eigenvalue weighted by molar-refractivity contribution is -0.152. The van der Waals surface area contributed by atoms with E-state index in [1.54, 1.807) is 38.3 Å². The maximum Gasteiger partial charge on any atom is 0.197 e. The van der Waals surface area contributed by atoms with Crippen molar-refractivity contribution < 1.29 is 19.0 Å². The van der Waals surface area contributed by atoms with E-state index in [-0.39, 0.29) is 11.9 Å². The number of hydrogen-bond donors (Lipinski definition) is 0. The number of ether oxygens (including phenoxy) is 3. The molecule has 104 valence electrons. The highest BCUT2D eigenvalue weighted by Gasteiger charge is 2.52. The lowest BCUT2D eigenvalue weighted by Gasteiger charge is -2.25. The number of rotatable bonds is 3. The SMILES string of the molecule is COc1ccc(C(=O)[C@@]2(C)OC(C)(C)O[C@H]2C)cc1. The second-order valence-electron chi connectivity index (χ2n) is 5.43. The average Bonchev–Trinajstić information content (AvgIpc) is 2.58. The largest absolute Gasteiger partial charge is 0.497 e. The second-order valence-corrected chi connectivity index (χ2v) is 5.43. The Bertz CT molecular complexity index is 477. The maximum atomic E-state index is 12.6. The van der Waals surface area contributed by atoms with Gasteiger partial charge in [0.15, 0.2) is 17.2 Å². The van der Waals surface area contributed by atoms with Crippen molar-refractivity contribution in [3.63, 3.8) is 0 Å². The maximum absolute atomic E-state index is 12.6. The summed E-state index contributed by atoms with van der Waals surface area (Å²) < 4.78 is 16.6. The van der Waals surface area contributed by atoms with Crippen LogP contribution in [0.3, 0.4) is 0 Å². The number of benzene rings is 1. The van der Waals surface area contributed by atoms with E-state index >= 15 is 0 Å². The molecule has 0 N–H and O–H groups in total. The van der Waals surface area contributed by atoms with Crippen LogP contribution < -0.4 is 4.74 Å². The summed E-state index contributed by atoms with van der Waals surface area (Å²) in [6, 6.07) is 7.02. The zero-order chi connectivity index (χ0) is 14.3. The Kier molecular flexibility index (Phi) is 3.41. The fraction of sp³-hybridized carbons (Fsp3) is 0.533. The van der Waals surface area contributed by atoms with E-state index in [0.717, 1.165) is 5.75 Å². The normalized spacial score (nSPS) is 29.2. The van der Waals surface area contributed by atoms with Gasteiger partial charge in [-0.15, -0.1) is 0 Å². The quantitative estimate of drug-likeness (QED) is 0.787. The van der Waals surface area contributed by atoms with Crippen LogP contribution in [0.25, 0.3) is 0 Å². The smallest absolute Gasteiger partial charge is 0.197 e. The topological polar surface area (TPSA) is 44.8 Å². The number of hydrogen-bond acceptors (Lipinski definition) is 4. The van der Waals surface area contributed by atoms with Crippen molar-refractivity contribution >= 4 is 5.78 Å². The molecule has 0 radical (unpaired) electrons. The predicted molar refractivity (Wildman–Crippen MR) is 71.4 cm³/mol. The van der Waals surface area contributed by atoms with E-state index in [4.69, 9.17) is 14.2 Å². The second kappa shape index (κ2) is 4.62. The van der Waals surface area contributed by atoms with Crippen LogP contribution in [0.1, 0.15) is 38.1 Å². The van der Waals surface area contributed by atoms with Crippen molar-refractivity contribution in [1.29, 1.82) is 0 Å². The van der Waals surface area contributed by atoms with Gasteiger partial charge in [0.1, 0.15) is 5.75 Å². The summed E-state index contributed by atoms with van der Waals surface area (Å²) in [5.74, 6) is -0.0945. The van der Waals surface area contributed by atoms with E-state index in [2.05, 4.69) is 0 Å². The van der Waals surface area contributed by atoms with Gasteiger partial charge in [-0.3, -0.25) is 4.79 Å². The molecule has 1 saturated heterocycles. The summed E-state index contributed by atoms with van der Waals surface area (Å²) in [6.07, 6.45) is -0.294. The number of methoxy groups -OCH3 is 1. The Morgan fingerprint density at radius 1 is 1.21 bits per heavy atom. The highest BCUT2D eigenvalue weighted by molar-refractivity contribution is 6.03. The van der Waals surface area contributed by atoms with Gasteiger partial charge < -0.3 is 14.2 Å². The summed E-state index contributed by atoms with van der Waals surface area (Å²) >= 11 is 0. The van der Waals surface area contributed by atoms with Crippen molar-refractivity contribution in [1.82, 2.24) is 0 Å². The van der Waals surface area contributed by atoms with Crippen molar-refractivity contribution in [2.75, 3.05) is 7.11 Å². The molecular weight excluding hydrogens is 244 g/mol. The summed E-state index contributed by atoms with van der Waals surface area (Å²) in [6.45, 7) is 7.27. The summed E-state index contributed by atoms with van der Waals surface area (Å²) in [7, 11) is 1.59. The standard InChI is InChI=1S/C15H20O4/c1-10-15(4,19-14(2,3)18-10)13(16)11-6-8-12(17-5)9-7-11/h6-10H,1-5H3/t10-,15-/m0/s1. The molecule has 2 rings (SSSR count). The molecular formula is C15H20O4. The lowest BCUT2D eigenvalue weighted by Crippen LogP contribution is -2.44. The number of carbonyl (C=O) groups excluding carboxylic acids is 1. The van der Waals surface area contributed by atoms with Crippen LogP contribution in [-0.2, 0) is 9.47 Å². The van der Waals surface area contributed by atoms with Gasteiger partial charge in [0, 0.05) is 5.56 Å². The molecule has 19 heavy (non-hydrogen) atoms.